The first-order valence-electron chi connectivity index (χ1n) is 3.59. The number of rotatable bonds is 6. The molecule has 0 spiro atoms. The third kappa shape index (κ3) is 12.4. The molecule has 0 aliphatic heterocycles. The van der Waals surface area contributed by atoms with Crippen LogP contribution in [-0.4, -0.2) is 11.6 Å². The van der Waals surface area contributed by atoms with E-state index in [4.69, 9.17) is 0 Å². The van der Waals surface area contributed by atoms with Gasteiger partial charge in [0, 0.05) is 0 Å². The number of nitro groups is 1. The van der Waals surface area contributed by atoms with Gasteiger partial charge in [-0.15, -0.1) is 0 Å². The molecule has 0 aliphatic carbocycles. The number of nitrogens with zero attached hydrogens (tertiary/aromatic N) is 2. The van der Waals surface area contributed by atoms with Crippen molar-refractivity contribution < 1.29 is 5.03 Å². The van der Waals surface area contributed by atoms with Crippen molar-refractivity contribution in [3.63, 3.8) is 0 Å². The fraction of sp³-hybridized carbons (Fsp3) is 1.00. The highest BCUT2D eigenvalue weighted by Crippen LogP contribution is 2.00. The summed E-state index contributed by atoms with van der Waals surface area (Å²) in [6, 6.07) is 0. The molecule has 0 saturated carbocycles. The van der Waals surface area contributed by atoms with Crippen LogP contribution in [0.4, 0.5) is 0 Å². The Balaban J connectivity index is 0. The van der Waals surface area contributed by atoms with Crippen LogP contribution in [0.5, 0.6) is 0 Å². The Bertz CT molecular complexity index is 97.8. The Morgan fingerprint density at radius 3 is 2.45 bits per heavy atom. The SMILES string of the molecule is CCCCCC[N-][N+](=O)[O-].[NH4+]. The average molecular weight is 163 g/mol. The molecule has 0 aromatic rings. The molecule has 0 aromatic carbocycles. The lowest BCUT2D eigenvalue weighted by atomic mass is 10.2. The molecule has 0 aromatic heterocycles. The van der Waals surface area contributed by atoms with Crippen LogP contribution in [0.15, 0.2) is 0 Å². The van der Waals surface area contributed by atoms with Gasteiger partial charge in [0.1, 0.15) is 0 Å². The van der Waals surface area contributed by atoms with Crippen LogP contribution in [0.3, 0.4) is 0 Å². The Morgan fingerprint density at radius 2 is 2.00 bits per heavy atom. The number of quaternary nitrogens is 1. The molecular weight excluding hydrogens is 146 g/mol. The Labute approximate surface area is 66.9 Å². The Morgan fingerprint density at radius 1 is 1.36 bits per heavy atom. The Hall–Kier alpha value is -0.840. The van der Waals surface area contributed by atoms with Gasteiger partial charge in [-0.25, -0.2) is 0 Å². The molecule has 68 valence electrons. The lowest BCUT2D eigenvalue weighted by molar-refractivity contribution is -0.426. The van der Waals surface area contributed by atoms with E-state index in [1.165, 1.54) is 0 Å². The lowest BCUT2D eigenvalue weighted by Crippen LogP contribution is -1.93. The summed E-state index contributed by atoms with van der Waals surface area (Å²) in [5, 5.41) is 9.05. The highest BCUT2D eigenvalue weighted by Gasteiger charge is 1.83. The normalized spacial score (nSPS) is 8.45. The van der Waals surface area contributed by atoms with Gasteiger partial charge in [0.25, 0.3) is 0 Å². The van der Waals surface area contributed by atoms with E-state index in [1.807, 2.05) is 0 Å². The molecule has 0 bridgehead atoms. The molecule has 4 N–H and O–H groups in total. The fourth-order valence-electron chi connectivity index (χ4n) is 0.691. The second-order valence-electron chi connectivity index (χ2n) is 2.16. The first-order valence-corrected chi connectivity index (χ1v) is 3.59. The monoisotopic (exact) mass is 163 g/mol. The molecule has 11 heavy (non-hydrogen) atoms. The van der Waals surface area contributed by atoms with Gasteiger partial charge in [0.05, 0.1) is 0 Å². The molecule has 0 radical (unpaired) electrons. The van der Waals surface area contributed by atoms with E-state index in [0.717, 1.165) is 25.7 Å². The maximum Gasteiger partial charge on any atom is -0.0127 e. The molecule has 0 heterocycles. The van der Waals surface area contributed by atoms with Gasteiger partial charge in [-0.1, -0.05) is 39.2 Å². The second-order valence-corrected chi connectivity index (χ2v) is 2.16. The van der Waals surface area contributed by atoms with Crippen molar-refractivity contribution in [3.8, 4) is 0 Å². The quantitative estimate of drug-likeness (QED) is 0.370. The molecule has 0 saturated heterocycles. The van der Waals surface area contributed by atoms with Crippen molar-refractivity contribution in [1.82, 2.24) is 6.15 Å². The van der Waals surface area contributed by atoms with E-state index in [9.17, 15) is 10.1 Å². The fourth-order valence-corrected chi connectivity index (χ4v) is 0.691. The topological polar surface area (TPSA) is 93.7 Å². The summed E-state index contributed by atoms with van der Waals surface area (Å²) in [5.74, 6) is 0. The second kappa shape index (κ2) is 9.16. The molecule has 0 aliphatic rings. The van der Waals surface area contributed by atoms with Gasteiger partial charge in [-0.05, 0) is 5.03 Å². The standard InChI is InChI=1S/C6H13N2O2.H3N/c1-2-3-4-5-6-7-8(9)10;/h2-6H2,1H3;1H3/q-1;/p+1. The van der Waals surface area contributed by atoms with Crippen molar-refractivity contribution in [2.75, 3.05) is 6.54 Å². The maximum atomic E-state index is 9.67. The minimum atomic E-state index is -0.619. The summed E-state index contributed by atoms with van der Waals surface area (Å²) >= 11 is 0. The van der Waals surface area contributed by atoms with E-state index in [2.05, 4.69) is 12.3 Å². The molecule has 0 rings (SSSR count). The summed E-state index contributed by atoms with van der Waals surface area (Å²) in [6.07, 6.45) is 4.19. The number of unbranched alkanes of at least 4 members (excludes halogenated alkanes) is 3. The average Bonchev–Trinajstić information content (AvgIpc) is 1.87. The van der Waals surface area contributed by atoms with Gasteiger partial charge in [-0.3, -0.25) is 10.1 Å². The van der Waals surface area contributed by atoms with E-state index in [-0.39, 0.29) is 6.15 Å². The van der Waals surface area contributed by atoms with E-state index >= 15 is 0 Å². The number of hydrogen-bond donors (Lipinski definition) is 1. The van der Waals surface area contributed by atoms with Crippen LogP contribution in [0.2, 0.25) is 0 Å². The summed E-state index contributed by atoms with van der Waals surface area (Å²) in [6.45, 7) is 2.47. The van der Waals surface area contributed by atoms with E-state index in [1.54, 1.807) is 0 Å². The largest absolute Gasteiger partial charge is 0.379 e. The highest BCUT2D eigenvalue weighted by atomic mass is 16.7. The van der Waals surface area contributed by atoms with Crippen molar-refractivity contribution >= 4 is 0 Å². The summed E-state index contributed by atoms with van der Waals surface area (Å²) < 4.78 is 0. The predicted octanol–water partition coefficient (Wildman–Crippen LogP) is 2.51. The van der Waals surface area contributed by atoms with Crippen molar-refractivity contribution in [1.29, 1.82) is 0 Å². The lowest BCUT2D eigenvalue weighted by Gasteiger charge is -2.06. The molecule has 0 amide bonds. The van der Waals surface area contributed by atoms with Crippen LogP contribution in [0, 0.1) is 10.1 Å². The highest BCUT2D eigenvalue weighted by molar-refractivity contribution is 4.59. The summed E-state index contributed by atoms with van der Waals surface area (Å²) in [5.41, 5.74) is 3.12. The van der Waals surface area contributed by atoms with Crippen LogP contribution in [0.1, 0.15) is 32.6 Å². The first-order chi connectivity index (χ1) is 4.77. The maximum absolute atomic E-state index is 9.67. The molecular formula is C6H17N3O2. The third-order valence-electron chi connectivity index (χ3n) is 1.23. The van der Waals surface area contributed by atoms with Gasteiger partial charge in [0.15, 0.2) is 0 Å². The van der Waals surface area contributed by atoms with E-state index < -0.39 is 5.03 Å². The van der Waals surface area contributed by atoms with Crippen LogP contribution < -0.4 is 6.15 Å². The summed E-state index contributed by atoms with van der Waals surface area (Å²) in [4.78, 5) is 9.67. The van der Waals surface area contributed by atoms with Crippen molar-refractivity contribution in [3.05, 3.63) is 15.5 Å². The zero-order valence-electron chi connectivity index (χ0n) is 7.25. The molecule has 5 nitrogen and oxygen atoms in total. The minimum absolute atomic E-state index is 0. The van der Waals surface area contributed by atoms with Gasteiger partial charge >= 0.3 is 0 Å². The van der Waals surface area contributed by atoms with Crippen LogP contribution in [0.25, 0.3) is 5.43 Å². The minimum Gasteiger partial charge on any atom is -0.379 e. The van der Waals surface area contributed by atoms with Gasteiger partial charge in [-0.2, -0.15) is 0 Å². The molecule has 0 fully saturated rings. The van der Waals surface area contributed by atoms with Crippen molar-refractivity contribution in [2.24, 2.45) is 0 Å². The van der Waals surface area contributed by atoms with Crippen LogP contribution >= 0.6 is 0 Å². The third-order valence-corrected chi connectivity index (χ3v) is 1.23. The van der Waals surface area contributed by atoms with Gasteiger partial charge in [0.2, 0.25) is 0 Å². The van der Waals surface area contributed by atoms with Crippen LogP contribution in [-0.2, 0) is 0 Å². The smallest absolute Gasteiger partial charge is 0.0127 e. The zero-order valence-corrected chi connectivity index (χ0v) is 7.25. The van der Waals surface area contributed by atoms with Crippen molar-refractivity contribution in [2.45, 2.75) is 32.6 Å². The zero-order chi connectivity index (χ0) is 7.82. The Kier molecular flexibility index (Phi) is 10.7. The molecule has 0 atom stereocenters. The first kappa shape index (κ1) is 12.8. The summed E-state index contributed by atoms with van der Waals surface area (Å²) in [7, 11) is 0. The molecule has 5 heteroatoms. The van der Waals surface area contributed by atoms with Gasteiger partial charge < -0.3 is 11.6 Å². The predicted molar refractivity (Wildman–Crippen MR) is 45.3 cm³/mol. The number of hydrogen-bond acceptors (Lipinski definition) is 2. The molecule has 0 unspecified atom stereocenters. The van der Waals surface area contributed by atoms with E-state index in [0.29, 0.717) is 6.54 Å².